The normalized spacial score (nSPS) is 15.9. The average molecular weight is 326 g/mol. The van der Waals surface area contributed by atoms with Crippen molar-refractivity contribution in [2.45, 2.75) is 37.7 Å². The van der Waals surface area contributed by atoms with Gasteiger partial charge in [-0.2, -0.15) is 0 Å². The molecule has 4 nitrogen and oxygen atoms in total. The van der Waals surface area contributed by atoms with Crippen molar-refractivity contribution in [3.8, 4) is 11.5 Å². The second kappa shape index (κ2) is 6.95. The van der Waals surface area contributed by atoms with E-state index in [0.717, 1.165) is 24.0 Å². The zero-order valence-electron chi connectivity index (χ0n) is 13.8. The number of ether oxygens (including phenoxy) is 2. The lowest BCUT2D eigenvalue weighted by molar-refractivity contribution is -0.143. The summed E-state index contributed by atoms with van der Waals surface area (Å²) in [5.74, 6) is 0.457. The molecule has 126 valence electrons. The Morgan fingerprint density at radius 3 is 2.42 bits per heavy atom. The molecule has 0 bridgehead atoms. The van der Waals surface area contributed by atoms with Crippen molar-refractivity contribution in [2.24, 2.45) is 0 Å². The summed E-state index contributed by atoms with van der Waals surface area (Å²) >= 11 is 0. The zero-order chi connectivity index (χ0) is 17.0. The smallest absolute Gasteiger partial charge is 0.314 e. The Morgan fingerprint density at radius 2 is 1.79 bits per heavy atom. The molecule has 1 aliphatic rings. The van der Waals surface area contributed by atoms with Gasteiger partial charge in [0.05, 0.1) is 12.5 Å². The van der Waals surface area contributed by atoms with Crippen LogP contribution in [0.3, 0.4) is 0 Å². The maximum Gasteiger partial charge on any atom is 0.314 e. The molecule has 2 aromatic rings. The van der Waals surface area contributed by atoms with E-state index in [1.807, 2.05) is 42.5 Å². The number of carboxylic acids is 1. The molecule has 3 rings (SSSR count). The van der Waals surface area contributed by atoms with Gasteiger partial charge in [0.1, 0.15) is 6.61 Å². The van der Waals surface area contributed by atoms with Gasteiger partial charge < -0.3 is 14.6 Å². The first kappa shape index (κ1) is 16.4. The second-order valence-corrected chi connectivity index (χ2v) is 6.23. The van der Waals surface area contributed by atoms with E-state index in [1.54, 1.807) is 13.2 Å². The molecule has 0 unspecified atom stereocenters. The molecule has 4 heteroatoms. The van der Waals surface area contributed by atoms with Gasteiger partial charge in [0.2, 0.25) is 0 Å². The van der Waals surface area contributed by atoms with Gasteiger partial charge in [-0.1, -0.05) is 49.2 Å². The second-order valence-electron chi connectivity index (χ2n) is 6.23. The minimum atomic E-state index is -0.795. The number of carboxylic acid groups (broad SMARTS) is 1. The molecule has 0 saturated heterocycles. The van der Waals surface area contributed by atoms with Crippen LogP contribution in [0.15, 0.2) is 48.5 Å². The first-order valence-electron chi connectivity index (χ1n) is 8.24. The Hall–Kier alpha value is -2.49. The maximum absolute atomic E-state index is 11.9. The van der Waals surface area contributed by atoms with Crippen LogP contribution in [0.1, 0.15) is 36.8 Å². The van der Waals surface area contributed by atoms with E-state index >= 15 is 0 Å². The van der Waals surface area contributed by atoms with Crippen molar-refractivity contribution in [1.82, 2.24) is 0 Å². The fourth-order valence-corrected chi connectivity index (χ4v) is 3.43. The lowest BCUT2D eigenvalue weighted by Crippen LogP contribution is -2.32. The predicted octanol–water partition coefficient (Wildman–Crippen LogP) is 4.17. The van der Waals surface area contributed by atoms with Crippen LogP contribution in [0.25, 0.3) is 0 Å². The number of methoxy groups -OCH3 is 1. The first-order chi connectivity index (χ1) is 11.7. The monoisotopic (exact) mass is 326 g/mol. The summed E-state index contributed by atoms with van der Waals surface area (Å²) < 4.78 is 11.3. The average Bonchev–Trinajstić information content (AvgIpc) is 3.12. The Bertz CT molecular complexity index is 703. The third kappa shape index (κ3) is 3.09. The number of benzene rings is 2. The summed E-state index contributed by atoms with van der Waals surface area (Å²) in [5, 5.41) is 9.77. The Morgan fingerprint density at radius 1 is 1.08 bits per heavy atom. The largest absolute Gasteiger partial charge is 0.493 e. The number of carbonyl (C=O) groups is 1. The van der Waals surface area contributed by atoms with Crippen LogP contribution in [-0.4, -0.2) is 18.2 Å². The highest BCUT2D eigenvalue weighted by Crippen LogP contribution is 2.44. The fourth-order valence-electron chi connectivity index (χ4n) is 3.43. The quantitative estimate of drug-likeness (QED) is 0.865. The lowest BCUT2D eigenvalue weighted by atomic mass is 9.79. The fraction of sp³-hybridized carbons (Fsp3) is 0.350. The highest BCUT2D eigenvalue weighted by Gasteiger charge is 2.43. The summed E-state index contributed by atoms with van der Waals surface area (Å²) in [6.45, 7) is 0.417. The predicted molar refractivity (Wildman–Crippen MR) is 91.5 cm³/mol. The van der Waals surface area contributed by atoms with Gasteiger partial charge in [0.15, 0.2) is 11.5 Å². The van der Waals surface area contributed by atoms with Crippen LogP contribution in [0.5, 0.6) is 11.5 Å². The van der Waals surface area contributed by atoms with Gasteiger partial charge in [-0.05, 0) is 36.1 Å². The Labute approximate surface area is 142 Å². The molecule has 1 N–H and O–H groups in total. The molecule has 2 aromatic carbocycles. The van der Waals surface area contributed by atoms with Crippen molar-refractivity contribution in [1.29, 1.82) is 0 Å². The molecular formula is C20H22O4. The van der Waals surface area contributed by atoms with Crippen LogP contribution in [0, 0.1) is 0 Å². The maximum atomic E-state index is 11.9. The summed E-state index contributed by atoms with van der Waals surface area (Å²) in [6.07, 6.45) is 3.23. The molecule has 0 aromatic heterocycles. The molecule has 1 aliphatic carbocycles. The van der Waals surface area contributed by atoms with E-state index in [4.69, 9.17) is 9.47 Å². The molecule has 0 radical (unpaired) electrons. The van der Waals surface area contributed by atoms with Gasteiger partial charge in [-0.3, -0.25) is 4.79 Å². The summed E-state index contributed by atoms with van der Waals surface area (Å²) in [5.41, 5.74) is 1.06. The van der Waals surface area contributed by atoms with Crippen molar-refractivity contribution in [3.05, 3.63) is 59.7 Å². The number of hydrogen-bond donors (Lipinski definition) is 1. The van der Waals surface area contributed by atoms with Gasteiger partial charge in [0, 0.05) is 0 Å². The van der Waals surface area contributed by atoms with E-state index < -0.39 is 11.4 Å². The molecule has 1 fully saturated rings. The molecular weight excluding hydrogens is 304 g/mol. The molecule has 0 atom stereocenters. The Balaban J connectivity index is 1.89. The van der Waals surface area contributed by atoms with E-state index in [0.29, 0.717) is 30.9 Å². The molecule has 0 spiro atoms. The van der Waals surface area contributed by atoms with Crippen molar-refractivity contribution >= 4 is 5.97 Å². The van der Waals surface area contributed by atoms with Crippen LogP contribution >= 0.6 is 0 Å². The summed E-state index contributed by atoms with van der Waals surface area (Å²) in [4.78, 5) is 11.9. The molecule has 1 saturated carbocycles. The summed E-state index contributed by atoms with van der Waals surface area (Å²) in [6, 6.07) is 15.4. The zero-order valence-corrected chi connectivity index (χ0v) is 13.8. The molecule has 24 heavy (non-hydrogen) atoms. The van der Waals surface area contributed by atoms with Crippen molar-refractivity contribution in [2.75, 3.05) is 7.11 Å². The minimum Gasteiger partial charge on any atom is -0.493 e. The summed E-state index contributed by atoms with van der Waals surface area (Å²) in [7, 11) is 1.59. The van der Waals surface area contributed by atoms with E-state index in [-0.39, 0.29) is 0 Å². The highest BCUT2D eigenvalue weighted by atomic mass is 16.5. The third-order valence-electron chi connectivity index (χ3n) is 4.82. The first-order valence-corrected chi connectivity index (χ1v) is 8.24. The van der Waals surface area contributed by atoms with Crippen LogP contribution in [0.4, 0.5) is 0 Å². The van der Waals surface area contributed by atoms with E-state index in [2.05, 4.69) is 0 Å². The third-order valence-corrected chi connectivity index (χ3v) is 4.82. The van der Waals surface area contributed by atoms with Crippen molar-refractivity contribution < 1.29 is 19.4 Å². The standard InChI is InChI=1S/C20H22O4/c1-23-17-10-9-16(20(19(21)22)11-5-6-12-20)13-18(17)24-14-15-7-3-2-4-8-15/h2-4,7-10,13H,5-6,11-12,14H2,1H3,(H,21,22). The van der Waals surface area contributed by atoms with Gasteiger partial charge >= 0.3 is 5.97 Å². The van der Waals surface area contributed by atoms with Gasteiger partial charge in [-0.25, -0.2) is 0 Å². The minimum absolute atomic E-state index is 0.417. The van der Waals surface area contributed by atoms with Gasteiger partial charge in [-0.15, -0.1) is 0 Å². The highest BCUT2D eigenvalue weighted by molar-refractivity contribution is 5.82. The van der Waals surface area contributed by atoms with Gasteiger partial charge in [0.25, 0.3) is 0 Å². The molecule has 0 aliphatic heterocycles. The number of aliphatic carboxylic acids is 1. The molecule has 0 amide bonds. The lowest BCUT2D eigenvalue weighted by Gasteiger charge is -2.25. The molecule has 0 heterocycles. The van der Waals surface area contributed by atoms with Crippen LogP contribution in [-0.2, 0) is 16.8 Å². The SMILES string of the molecule is COc1ccc(C2(C(=O)O)CCCC2)cc1OCc1ccccc1. The van der Waals surface area contributed by atoms with Crippen molar-refractivity contribution in [3.63, 3.8) is 0 Å². The topological polar surface area (TPSA) is 55.8 Å². The number of hydrogen-bond acceptors (Lipinski definition) is 3. The van der Waals surface area contributed by atoms with E-state index in [1.165, 1.54) is 0 Å². The Kier molecular flexibility index (Phi) is 4.74. The van der Waals surface area contributed by atoms with Crippen LogP contribution in [0.2, 0.25) is 0 Å². The number of rotatable bonds is 6. The van der Waals surface area contributed by atoms with Crippen LogP contribution < -0.4 is 9.47 Å². The van der Waals surface area contributed by atoms with E-state index in [9.17, 15) is 9.90 Å².